The summed E-state index contributed by atoms with van der Waals surface area (Å²) in [7, 11) is 0. The summed E-state index contributed by atoms with van der Waals surface area (Å²) in [6.45, 7) is 2.75. The van der Waals surface area contributed by atoms with Gasteiger partial charge in [0.15, 0.2) is 11.0 Å². The summed E-state index contributed by atoms with van der Waals surface area (Å²) < 4.78 is 1.98. The average molecular weight is 337 g/mol. The molecule has 0 aliphatic heterocycles. The van der Waals surface area contributed by atoms with Crippen LogP contribution in [0.3, 0.4) is 0 Å². The lowest BCUT2D eigenvalue weighted by molar-refractivity contribution is -0.118. The van der Waals surface area contributed by atoms with Gasteiger partial charge in [0.25, 0.3) is 0 Å². The molecule has 0 atom stereocenters. The van der Waals surface area contributed by atoms with Crippen molar-refractivity contribution in [2.24, 2.45) is 0 Å². The molecule has 116 valence electrons. The van der Waals surface area contributed by atoms with E-state index in [-0.39, 0.29) is 5.91 Å². The summed E-state index contributed by atoms with van der Waals surface area (Å²) in [5.41, 5.74) is 0.854. The number of benzene rings is 1. The van der Waals surface area contributed by atoms with Crippen molar-refractivity contribution in [1.82, 2.24) is 20.1 Å². The van der Waals surface area contributed by atoms with Crippen LogP contribution < -0.4 is 5.32 Å². The minimum absolute atomic E-state index is 0.0532. The molecule has 1 saturated carbocycles. The number of aromatic nitrogens is 3. The fourth-order valence-electron chi connectivity index (χ4n) is 2.15. The van der Waals surface area contributed by atoms with Crippen molar-refractivity contribution in [2.75, 3.05) is 5.75 Å². The highest BCUT2D eigenvalue weighted by atomic mass is 35.5. The molecule has 1 aliphatic carbocycles. The quantitative estimate of drug-likeness (QED) is 0.824. The van der Waals surface area contributed by atoms with Gasteiger partial charge in [0.05, 0.1) is 10.8 Å². The second-order valence-corrected chi connectivity index (χ2v) is 6.51. The van der Waals surface area contributed by atoms with Crippen molar-refractivity contribution in [2.45, 2.75) is 37.5 Å². The van der Waals surface area contributed by atoms with Gasteiger partial charge in [-0.15, -0.1) is 10.2 Å². The summed E-state index contributed by atoms with van der Waals surface area (Å²) in [6, 6.07) is 7.95. The lowest BCUT2D eigenvalue weighted by atomic mass is 10.2. The minimum atomic E-state index is 0.0532. The van der Waals surface area contributed by atoms with Crippen molar-refractivity contribution < 1.29 is 4.79 Å². The molecular formula is C15H17ClN4OS. The normalized spacial score (nSPS) is 14.1. The summed E-state index contributed by atoms with van der Waals surface area (Å²) in [4.78, 5) is 11.8. The van der Waals surface area contributed by atoms with Crippen LogP contribution in [-0.4, -0.2) is 32.5 Å². The van der Waals surface area contributed by atoms with E-state index in [1.807, 2.05) is 35.8 Å². The molecule has 1 fully saturated rings. The molecule has 2 aromatic rings. The zero-order chi connectivity index (χ0) is 15.5. The van der Waals surface area contributed by atoms with Gasteiger partial charge in [0.2, 0.25) is 5.91 Å². The predicted molar refractivity (Wildman–Crippen MR) is 88.0 cm³/mol. The number of nitrogens with one attached hydrogen (secondary N) is 1. The van der Waals surface area contributed by atoms with Crippen molar-refractivity contribution in [3.05, 3.63) is 29.3 Å². The van der Waals surface area contributed by atoms with Gasteiger partial charge in [-0.2, -0.15) is 0 Å². The molecule has 1 heterocycles. The Balaban J connectivity index is 1.75. The van der Waals surface area contributed by atoms with Crippen LogP contribution >= 0.6 is 23.4 Å². The van der Waals surface area contributed by atoms with Gasteiger partial charge in [-0.25, -0.2) is 0 Å². The van der Waals surface area contributed by atoms with Crippen LogP contribution in [0.25, 0.3) is 11.4 Å². The minimum Gasteiger partial charge on any atom is -0.353 e. The third-order valence-corrected chi connectivity index (χ3v) is 4.72. The summed E-state index contributed by atoms with van der Waals surface area (Å²) in [5, 5.41) is 12.8. The maximum atomic E-state index is 11.8. The fraction of sp³-hybridized carbons (Fsp3) is 0.400. The number of hydrogen-bond donors (Lipinski definition) is 1. The Labute approximate surface area is 138 Å². The van der Waals surface area contributed by atoms with E-state index in [0.717, 1.165) is 35.9 Å². The summed E-state index contributed by atoms with van der Waals surface area (Å²) in [6.07, 6.45) is 2.19. The van der Waals surface area contributed by atoms with E-state index in [0.29, 0.717) is 16.8 Å². The van der Waals surface area contributed by atoms with Gasteiger partial charge >= 0.3 is 0 Å². The van der Waals surface area contributed by atoms with Crippen LogP contribution in [0.15, 0.2) is 29.4 Å². The first-order valence-corrected chi connectivity index (χ1v) is 8.65. The Morgan fingerprint density at radius 2 is 2.18 bits per heavy atom. The van der Waals surface area contributed by atoms with E-state index < -0.39 is 0 Å². The van der Waals surface area contributed by atoms with Crippen molar-refractivity contribution in [1.29, 1.82) is 0 Å². The first-order valence-electron chi connectivity index (χ1n) is 7.29. The van der Waals surface area contributed by atoms with E-state index in [1.165, 1.54) is 11.8 Å². The largest absolute Gasteiger partial charge is 0.353 e. The molecule has 0 radical (unpaired) electrons. The standard InChI is InChI=1S/C15H17ClN4OS/c1-2-20-14(11-5-3-4-6-12(11)16)18-19-15(20)22-9-13(21)17-10-7-8-10/h3-6,10H,2,7-9H2,1H3,(H,17,21). The van der Waals surface area contributed by atoms with E-state index in [9.17, 15) is 4.79 Å². The molecule has 1 aliphatic rings. The van der Waals surface area contributed by atoms with Crippen molar-refractivity contribution in [3.63, 3.8) is 0 Å². The van der Waals surface area contributed by atoms with Gasteiger partial charge in [0, 0.05) is 18.2 Å². The monoisotopic (exact) mass is 336 g/mol. The topological polar surface area (TPSA) is 59.8 Å². The average Bonchev–Trinajstić information content (AvgIpc) is 3.23. The SMILES string of the molecule is CCn1c(SCC(=O)NC2CC2)nnc1-c1ccccc1Cl. The van der Waals surface area contributed by atoms with Gasteiger partial charge in [-0.05, 0) is 31.9 Å². The molecule has 0 unspecified atom stereocenters. The van der Waals surface area contributed by atoms with Crippen molar-refractivity contribution >= 4 is 29.3 Å². The molecule has 0 bridgehead atoms. The van der Waals surface area contributed by atoms with Crippen LogP contribution in [-0.2, 0) is 11.3 Å². The first-order chi connectivity index (χ1) is 10.7. The van der Waals surface area contributed by atoms with Gasteiger partial charge in [-0.1, -0.05) is 35.5 Å². The number of nitrogens with zero attached hydrogens (tertiary/aromatic N) is 3. The Morgan fingerprint density at radius 1 is 1.41 bits per heavy atom. The molecule has 22 heavy (non-hydrogen) atoms. The second-order valence-electron chi connectivity index (χ2n) is 5.16. The number of thioether (sulfide) groups is 1. The number of amides is 1. The molecule has 1 aromatic heterocycles. The van der Waals surface area contributed by atoms with E-state index in [2.05, 4.69) is 15.5 Å². The molecule has 0 saturated heterocycles. The van der Waals surface area contributed by atoms with E-state index in [1.54, 1.807) is 0 Å². The predicted octanol–water partition coefficient (Wildman–Crippen LogP) is 2.99. The van der Waals surface area contributed by atoms with E-state index >= 15 is 0 Å². The molecule has 7 heteroatoms. The van der Waals surface area contributed by atoms with Gasteiger partial charge < -0.3 is 9.88 Å². The molecular weight excluding hydrogens is 320 g/mol. The molecule has 1 amide bonds. The van der Waals surface area contributed by atoms with Crippen LogP contribution in [0.1, 0.15) is 19.8 Å². The highest BCUT2D eigenvalue weighted by Crippen LogP contribution is 2.29. The lowest BCUT2D eigenvalue weighted by Gasteiger charge is -2.08. The van der Waals surface area contributed by atoms with Crippen molar-refractivity contribution in [3.8, 4) is 11.4 Å². The lowest BCUT2D eigenvalue weighted by Crippen LogP contribution is -2.27. The molecule has 1 N–H and O–H groups in total. The van der Waals surface area contributed by atoms with Gasteiger partial charge in [0.1, 0.15) is 0 Å². The van der Waals surface area contributed by atoms with Crippen LogP contribution in [0.4, 0.5) is 0 Å². The molecule has 5 nitrogen and oxygen atoms in total. The fourth-order valence-corrected chi connectivity index (χ4v) is 3.18. The number of hydrogen-bond acceptors (Lipinski definition) is 4. The maximum Gasteiger partial charge on any atom is 0.230 e. The zero-order valence-electron chi connectivity index (χ0n) is 12.3. The van der Waals surface area contributed by atoms with Gasteiger partial charge in [-0.3, -0.25) is 4.79 Å². The van der Waals surface area contributed by atoms with E-state index in [4.69, 9.17) is 11.6 Å². The molecule has 3 rings (SSSR count). The molecule has 0 spiro atoms. The summed E-state index contributed by atoms with van der Waals surface area (Å²) in [5.74, 6) is 1.15. The van der Waals surface area contributed by atoms with Crippen LogP contribution in [0.5, 0.6) is 0 Å². The Morgan fingerprint density at radius 3 is 2.86 bits per heavy atom. The first kappa shape index (κ1) is 15.4. The van der Waals surface area contributed by atoms with Crippen LogP contribution in [0.2, 0.25) is 5.02 Å². The third kappa shape index (κ3) is 3.44. The zero-order valence-corrected chi connectivity index (χ0v) is 13.8. The number of carbonyl (C=O) groups excluding carboxylic acids is 1. The second kappa shape index (κ2) is 6.71. The molecule has 1 aromatic carbocycles. The number of halogens is 1. The number of rotatable bonds is 6. The smallest absolute Gasteiger partial charge is 0.230 e. The Kier molecular flexibility index (Phi) is 4.69. The Hall–Kier alpha value is -1.53. The summed E-state index contributed by atoms with van der Waals surface area (Å²) >= 11 is 7.64. The highest BCUT2D eigenvalue weighted by molar-refractivity contribution is 7.99. The van der Waals surface area contributed by atoms with Crippen LogP contribution in [0, 0.1) is 0 Å². The maximum absolute atomic E-state index is 11.8. The number of carbonyl (C=O) groups is 1. The third-order valence-electron chi connectivity index (χ3n) is 3.42. The highest BCUT2D eigenvalue weighted by Gasteiger charge is 2.23. The Bertz CT molecular complexity index is 684.